The molecule has 2 N–H and O–H groups in total. The van der Waals surface area contributed by atoms with Gasteiger partial charge < -0.3 is 4.42 Å². The molecule has 1 atom stereocenters. The third kappa shape index (κ3) is 3.37. The highest BCUT2D eigenvalue weighted by atomic mass is 32.1. The lowest BCUT2D eigenvalue weighted by molar-refractivity contribution is -0.470. The van der Waals surface area contributed by atoms with Crippen molar-refractivity contribution in [1.82, 2.24) is 10.2 Å². The number of furan rings is 1. The standard InChI is InChI=1S/C15H13N3O4S/c19-13-12(8-16-7-11-4-2-6-23-11)14(20)18(15(21)17-13)9-10-3-1-5-22-10/h1-6,8,12H,7,9H2,(H,17,19,21)/p+1/t12-/m1/s1. The number of thiophene rings is 1. The molecule has 8 heteroatoms. The average molecular weight is 332 g/mol. The molecule has 0 unspecified atom stereocenters. The Kier molecular flexibility index (Phi) is 4.33. The predicted octanol–water partition coefficient (Wildman–Crippen LogP) is -0.113. The summed E-state index contributed by atoms with van der Waals surface area (Å²) in [4.78, 5) is 41.1. The summed E-state index contributed by atoms with van der Waals surface area (Å²) in [6, 6.07) is 6.45. The van der Waals surface area contributed by atoms with Crippen molar-refractivity contribution < 1.29 is 23.8 Å². The van der Waals surface area contributed by atoms with Crippen LogP contribution in [0.4, 0.5) is 4.79 Å². The van der Waals surface area contributed by atoms with E-state index >= 15 is 0 Å². The van der Waals surface area contributed by atoms with Gasteiger partial charge in [-0.15, -0.1) is 11.3 Å². The molecule has 7 nitrogen and oxygen atoms in total. The molecule has 2 aromatic heterocycles. The quantitative estimate of drug-likeness (QED) is 0.590. The van der Waals surface area contributed by atoms with E-state index in [0.29, 0.717) is 12.3 Å². The number of rotatable bonds is 5. The molecule has 0 aromatic carbocycles. The summed E-state index contributed by atoms with van der Waals surface area (Å²) in [7, 11) is 0. The molecule has 0 radical (unpaired) electrons. The van der Waals surface area contributed by atoms with E-state index in [2.05, 4.69) is 10.3 Å². The van der Waals surface area contributed by atoms with E-state index in [1.165, 1.54) is 12.5 Å². The van der Waals surface area contributed by atoms with Crippen LogP contribution >= 0.6 is 11.3 Å². The topological polar surface area (TPSA) is 93.6 Å². The van der Waals surface area contributed by atoms with E-state index in [-0.39, 0.29) is 6.54 Å². The summed E-state index contributed by atoms with van der Waals surface area (Å²) in [5.74, 6) is -1.79. The lowest BCUT2D eigenvalue weighted by atomic mass is 10.1. The van der Waals surface area contributed by atoms with E-state index < -0.39 is 23.8 Å². The molecule has 1 aliphatic heterocycles. The molecule has 0 bridgehead atoms. The summed E-state index contributed by atoms with van der Waals surface area (Å²) < 4.78 is 5.14. The molecular weight excluding hydrogens is 318 g/mol. The Morgan fingerprint density at radius 1 is 1.30 bits per heavy atom. The van der Waals surface area contributed by atoms with Gasteiger partial charge in [-0.05, 0) is 23.6 Å². The number of carbonyl (C=O) groups excluding carboxylic acids is 3. The first-order chi connectivity index (χ1) is 11.1. The number of nitrogens with one attached hydrogen (secondary N) is 2. The molecule has 1 saturated heterocycles. The van der Waals surface area contributed by atoms with E-state index in [9.17, 15) is 14.4 Å². The number of hydrogen-bond acceptors (Lipinski definition) is 5. The Balaban J connectivity index is 1.71. The molecule has 0 aliphatic carbocycles. The first kappa shape index (κ1) is 15.2. The van der Waals surface area contributed by atoms with Gasteiger partial charge in [0.05, 0.1) is 17.7 Å². The van der Waals surface area contributed by atoms with Gasteiger partial charge in [0.2, 0.25) is 0 Å². The first-order valence-electron chi connectivity index (χ1n) is 6.93. The summed E-state index contributed by atoms with van der Waals surface area (Å²) >= 11 is 1.57. The highest BCUT2D eigenvalue weighted by Crippen LogP contribution is 2.13. The van der Waals surface area contributed by atoms with Crippen LogP contribution < -0.4 is 10.3 Å². The maximum atomic E-state index is 12.4. The highest BCUT2D eigenvalue weighted by molar-refractivity contribution is 7.09. The molecule has 4 amide bonds. The zero-order valence-electron chi connectivity index (χ0n) is 12.0. The Labute approximate surface area is 135 Å². The van der Waals surface area contributed by atoms with Gasteiger partial charge in [0, 0.05) is 0 Å². The molecular formula is C15H14N3O4S+. The summed E-state index contributed by atoms with van der Waals surface area (Å²) in [5.41, 5.74) is 0. The van der Waals surface area contributed by atoms with Crippen LogP contribution in [0.15, 0.2) is 40.3 Å². The lowest BCUT2D eigenvalue weighted by Gasteiger charge is -2.26. The van der Waals surface area contributed by atoms with Gasteiger partial charge in [-0.2, -0.15) is 0 Å². The Morgan fingerprint density at radius 2 is 2.17 bits per heavy atom. The van der Waals surface area contributed by atoms with Crippen molar-refractivity contribution in [1.29, 1.82) is 0 Å². The molecule has 3 rings (SSSR count). The monoisotopic (exact) mass is 332 g/mol. The van der Waals surface area contributed by atoms with Crippen molar-refractivity contribution in [2.45, 2.75) is 13.1 Å². The predicted molar refractivity (Wildman–Crippen MR) is 81.3 cm³/mol. The number of hydrogen-bond donors (Lipinski definition) is 2. The molecule has 0 spiro atoms. The van der Waals surface area contributed by atoms with E-state index in [1.807, 2.05) is 17.5 Å². The maximum Gasteiger partial charge on any atom is 0.331 e. The van der Waals surface area contributed by atoms with Gasteiger partial charge in [-0.3, -0.25) is 19.8 Å². The molecule has 3 heterocycles. The molecule has 1 fully saturated rings. The molecule has 118 valence electrons. The summed E-state index contributed by atoms with van der Waals surface area (Å²) in [5, 5.41) is 4.13. The largest absolute Gasteiger partial charge is 0.467 e. The van der Waals surface area contributed by atoms with Gasteiger partial charge in [-0.25, -0.2) is 9.79 Å². The van der Waals surface area contributed by atoms with Crippen molar-refractivity contribution in [2.75, 3.05) is 0 Å². The number of urea groups is 1. The van der Waals surface area contributed by atoms with E-state index in [0.717, 1.165) is 9.78 Å². The van der Waals surface area contributed by atoms with Crippen LogP contribution in [-0.2, 0) is 22.7 Å². The van der Waals surface area contributed by atoms with Crippen LogP contribution in [-0.4, -0.2) is 29.0 Å². The Hall–Kier alpha value is -2.74. The first-order valence-corrected chi connectivity index (χ1v) is 7.81. The number of carbonyl (C=O) groups is 3. The second-order valence-corrected chi connectivity index (χ2v) is 5.93. The van der Waals surface area contributed by atoms with Crippen molar-refractivity contribution in [3.63, 3.8) is 0 Å². The third-order valence-corrected chi connectivity index (χ3v) is 4.20. The van der Waals surface area contributed by atoms with Crippen LogP contribution in [0.5, 0.6) is 0 Å². The maximum absolute atomic E-state index is 12.4. The lowest BCUT2D eigenvalue weighted by Crippen LogP contribution is -2.71. The average Bonchev–Trinajstić information content (AvgIpc) is 3.20. The van der Waals surface area contributed by atoms with Gasteiger partial charge in [0.15, 0.2) is 18.7 Å². The van der Waals surface area contributed by atoms with Crippen LogP contribution in [0, 0.1) is 5.92 Å². The summed E-state index contributed by atoms with van der Waals surface area (Å²) in [6.07, 6.45) is 2.87. The van der Waals surface area contributed by atoms with Crippen LogP contribution in [0.1, 0.15) is 10.6 Å². The SMILES string of the molecule is O=C1NC(=O)N(Cc2ccco2)C(=O)[C@@H]1C=[NH+]Cc1cccs1. The number of barbiturate groups is 1. The Morgan fingerprint density at radius 3 is 2.87 bits per heavy atom. The van der Waals surface area contributed by atoms with Crippen LogP contribution in [0.3, 0.4) is 0 Å². The van der Waals surface area contributed by atoms with Crippen LogP contribution in [0.2, 0.25) is 0 Å². The smallest absolute Gasteiger partial charge is 0.331 e. The fraction of sp³-hybridized carbons (Fsp3) is 0.200. The zero-order chi connectivity index (χ0) is 16.2. The third-order valence-electron chi connectivity index (χ3n) is 3.32. The van der Waals surface area contributed by atoms with Gasteiger partial charge in [0.25, 0.3) is 11.8 Å². The van der Waals surface area contributed by atoms with Crippen molar-refractivity contribution in [2.24, 2.45) is 5.92 Å². The second kappa shape index (κ2) is 6.57. The second-order valence-electron chi connectivity index (χ2n) is 4.90. The zero-order valence-corrected chi connectivity index (χ0v) is 12.8. The van der Waals surface area contributed by atoms with E-state index in [4.69, 9.17) is 4.42 Å². The fourth-order valence-corrected chi connectivity index (χ4v) is 2.83. The molecule has 23 heavy (non-hydrogen) atoms. The number of amides is 4. The highest BCUT2D eigenvalue weighted by Gasteiger charge is 2.41. The minimum absolute atomic E-state index is 0.0137. The molecule has 1 aliphatic rings. The van der Waals surface area contributed by atoms with Gasteiger partial charge >= 0.3 is 6.03 Å². The minimum atomic E-state index is -1.05. The normalized spacial score (nSPS) is 18.7. The van der Waals surface area contributed by atoms with Gasteiger partial charge in [0.1, 0.15) is 5.76 Å². The number of nitrogens with zero attached hydrogens (tertiary/aromatic N) is 1. The van der Waals surface area contributed by atoms with Crippen molar-refractivity contribution >= 4 is 35.4 Å². The number of imide groups is 2. The summed E-state index contributed by atoms with van der Waals surface area (Å²) in [6.45, 7) is 0.501. The fourth-order valence-electron chi connectivity index (χ4n) is 2.18. The van der Waals surface area contributed by atoms with Crippen molar-refractivity contribution in [3.8, 4) is 0 Å². The minimum Gasteiger partial charge on any atom is -0.467 e. The van der Waals surface area contributed by atoms with E-state index in [1.54, 1.807) is 23.5 Å². The van der Waals surface area contributed by atoms with Crippen molar-refractivity contribution in [3.05, 3.63) is 46.5 Å². The van der Waals surface area contributed by atoms with Gasteiger partial charge in [-0.1, -0.05) is 6.07 Å². The van der Waals surface area contributed by atoms with Crippen LogP contribution in [0.25, 0.3) is 0 Å². The Bertz CT molecular complexity index is 737. The molecule has 2 aromatic rings. The molecule has 0 saturated carbocycles.